The van der Waals surface area contributed by atoms with E-state index in [1.54, 1.807) is 19.2 Å². The van der Waals surface area contributed by atoms with E-state index in [2.05, 4.69) is 20.2 Å². The Kier molecular flexibility index (Phi) is 4.60. The van der Waals surface area contributed by atoms with Gasteiger partial charge in [-0.25, -0.2) is 9.97 Å². The van der Waals surface area contributed by atoms with Crippen LogP contribution in [0.2, 0.25) is 0 Å². The molecular weight excluding hydrogens is 232 g/mol. The number of morpholine rings is 1. The van der Waals surface area contributed by atoms with Crippen molar-refractivity contribution in [2.24, 2.45) is 0 Å². The maximum Gasteiger partial charge on any atom is 0.270 e. The first kappa shape index (κ1) is 12.9. The molecule has 0 aromatic carbocycles. The normalized spacial score (nSPS) is 16.5. The summed E-state index contributed by atoms with van der Waals surface area (Å²) in [7, 11) is 0. The van der Waals surface area contributed by atoms with E-state index in [4.69, 9.17) is 4.74 Å². The van der Waals surface area contributed by atoms with Crippen molar-refractivity contribution in [3.05, 3.63) is 23.8 Å². The zero-order valence-electron chi connectivity index (χ0n) is 10.6. The van der Waals surface area contributed by atoms with Crippen LogP contribution < -0.4 is 5.32 Å². The van der Waals surface area contributed by atoms with Gasteiger partial charge in [0.2, 0.25) is 0 Å². The van der Waals surface area contributed by atoms with Crippen LogP contribution in [0.4, 0.5) is 0 Å². The van der Waals surface area contributed by atoms with E-state index in [1.165, 1.54) is 0 Å². The molecule has 6 heteroatoms. The number of nitrogens with zero attached hydrogens (tertiary/aromatic N) is 3. The number of amides is 1. The topological polar surface area (TPSA) is 67.4 Å². The summed E-state index contributed by atoms with van der Waals surface area (Å²) in [4.78, 5) is 22.1. The average Bonchev–Trinajstić information content (AvgIpc) is 2.40. The summed E-state index contributed by atoms with van der Waals surface area (Å²) in [5.41, 5.74) is 0.421. The minimum Gasteiger partial charge on any atom is -0.379 e. The molecule has 1 aromatic heterocycles. The van der Waals surface area contributed by atoms with Crippen LogP contribution in [0.25, 0.3) is 0 Å². The summed E-state index contributed by atoms with van der Waals surface area (Å²) >= 11 is 0. The molecule has 98 valence electrons. The summed E-state index contributed by atoms with van der Waals surface area (Å²) < 4.78 is 5.26. The van der Waals surface area contributed by atoms with Gasteiger partial charge < -0.3 is 10.1 Å². The van der Waals surface area contributed by atoms with Gasteiger partial charge in [0.15, 0.2) is 0 Å². The summed E-state index contributed by atoms with van der Waals surface area (Å²) in [5.74, 6) is 0.463. The molecule has 18 heavy (non-hydrogen) atoms. The van der Waals surface area contributed by atoms with Crippen molar-refractivity contribution >= 4 is 5.91 Å². The van der Waals surface area contributed by atoms with Crippen LogP contribution in [0.15, 0.2) is 12.3 Å². The highest BCUT2D eigenvalue weighted by molar-refractivity contribution is 5.92. The molecular formula is C12H18N4O2. The van der Waals surface area contributed by atoms with Gasteiger partial charge in [-0.05, 0) is 13.0 Å². The first-order chi connectivity index (χ1) is 8.75. The molecule has 1 fully saturated rings. The van der Waals surface area contributed by atoms with Gasteiger partial charge in [0.25, 0.3) is 5.91 Å². The summed E-state index contributed by atoms with van der Waals surface area (Å²) in [6, 6.07) is 1.62. The number of hydrogen-bond donors (Lipinski definition) is 1. The zero-order chi connectivity index (χ0) is 12.8. The number of nitrogens with one attached hydrogen (secondary N) is 1. The quantitative estimate of drug-likeness (QED) is 0.804. The van der Waals surface area contributed by atoms with Crippen LogP contribution >= 0.6 is 0 Å². The van der Waals surface area contributed by atoms with Crippen molar-refractivity contribution in [1.29, 1.82) is 0 Å². The Morgan fingerprint density at radius 1 is 1.50 bits per heavy atom. The lowest BCUT2D eigenvalue weighted by Crippen LogP contribution is -2.41. The Morgan fingerprint density at radius 2 is 2.28 bits per heavy atom. The van der Waals surface area contributed by atoms with Gasteiger partial charge in [-0.15, -0.1) is 0 Å². The van der Waals surface area contributed by atoms with Crippen LogP contribution in [0, 0.1) is 6.92 Å². The third-order valence-electron chi connectivity index (χ3n) is 2.83. The molecule has 0 saturated carbocycles. The van der Waals surface area contributed by atoms with Gasteiger partial charge in [0, 0.05) is 32.4 Å². The third kappa shape index (κ3) is 3.75. The molecule has 1 aliphatic rings. The lowest BCUT2D eigenvalue weighted by atomic mass is 10.3. The smallest absolute Gasteiger partial charge is 0.270 e. The fourth-order valence-corrected chi connectivity index (χ4v) is 1.83. The second kappa shape index (κ2) is 6.42. The lowest BCUT2D eigenvalue weighted by Gasteiger charge is -2.26. The molecule has 1 N–H and O–H groups in total. The maximum absolute atomic E-state index is 11.8. The van der Waals surface area contributed by atoms with Crippen molar-refractivity contribution in [1.82, 2.24) is 20.2 Å². The number of rotatable bonds is 4. The fourth-order valence-electron chi connectivity index (χ4n) is 1.83. The number of hydrogen-bond acceptors (Lipinski definition) is 5. The highest BCUT2D eigenvalue weighted by Gasteiger charge is 2.11. The molecule has 0 atom stereocenters. The van der Waals surface area contributed by atoms with E-state index >= 15 is 0 Å². The molecule has 0 radical (unpaired) electrons. The average molecular weight is 250 g/mol. The molecule has 0 aliphatic carbocycles. The highest BCUT2D eigenvalue weighted by Crippen LogP contribution is 1.96. The van der Waals surface area contributed by atoms with E-state index in [-0.39, 0.29) is 5.91 Å². The van der Waals surface area contributed by atoms with E-state index in [1.807, 2.05) is 0 Å². The lowest BCUT2D eigenvalue weighted by molar-refractivity contribution is 0.0383. The Bertz CT molecular complexity index is 405. The Balaban J connectivity index is 1.74. The highest BCUT2D eigenvalue weighted by atomic mass is 16.5. The molecule has 0 spiro atoms. The first-order valence-corrected chi connectivity index (χ1v) is 6.13. The SMILES string of the molecule is Cc1nccc(C(=O)NCCN2CCOCC2)n1. The molecule has 1 amide bonds. The van der Waals surface area contributed by atoms with Gasteiger partial charge in [0.1, 0.15) is 11.5 Å². The monoisotopic (exact) mass is 250 g/mol. The largest absolute Gasteiger partial charge is 0.379 e. The number of carbonyl (C=O) groups is 1. The second-order valence-corrected chi connectivity index (χ2v) is 4.20. The zero-order valence-corrected chi connectivity index (χ0v) is 10.6. The Morgan fingerprint density at radius 3 is 3.00 bits per heavy atom. The minimum absolute atomic E-state index is 0.145. The Labute approximate surface area is 106 Å². The van der Waals surface area contributed by atoms with E-state index in [0.29, 0.717) is 18.1 Å². The Hall–Kier alpha value is -1.53. The van der Waals surface area contributed by atoms with Crippen molar-refractivity contribution in [2.45, 2.75) is 6.92 Å². The third-order valence-corrected chi connectivity index (χ3v) is 2.83. The maximum atomic E-state index is 11.8. The van der Waals surface area contributed by atoms with E-state index in [0.717, 1.165) is 32.8 Å². The number of aromatic nitrogens is 2. The molecule has 6 nitrogen and oxygen atoms in total. The molecule has 2 heterocycles. The number of ether oxygens (including phenoxy) is 1. The van der Waals surface area contributed by atoms with Crippen LogP contribution in [-0.2, 0) is 4.74 Å². The summed E-state index contributed by atoms with van der Waals surface area (Å²) in [5, 5.41) is 2.86. The van der Waals surface area contributed by atoms with E-state index in [9.17, 15) is 4.79 Å². The summed E-state index contributed by atoms with van der Waals surface area (Å²) in [6.07, 6.45) is 1.60. The predicted molar refractivity (Wildman–Crippen MR) is 66.4 cm³/mol. The van der Waals surface area contributed by atoms with Gasteiger partial charge in [0.05, 0.1) is 13.2 Å². The fraction of sp³-hybridized carbons (Fsp3) is 0.583. The van der Waals surface area contributed by atoms with Crippen molar-refractivity contribution in [2.75, 3.05) is 39.4 Å². The summed E-state index contributed by atoms with van der Waals surface area (Å²) in [6.45, 7) is 6.66. The van der Waals surface area contributed by atoms with Gasteiger partial charge in [-0.2, -0.15) is 0 Å². The number of aryl methyl sites for hydroxylation is 1. The van der Waals surface area contributed by atoms with Crippen molar-refractivity contribution < 1.29 is 9.53 Å². The molecule has 1 saturated heterocycles. The first-order valence-electron chi connectivity index (χ1n) is 6.13. The van der Waals surface area contributed by atoms with Crippen LogP contribution in [-0.4, -0.2) is 60.2 Å². The predicted octanol–water partition coefficient (Wildman–Crippen LogP) is -0.153. The number of carbonyl (C=O) groups excluding carboxylic acids is 1. The molecule has 2 rings (SSSR count). The standard InChI is InChI=1S/C12H18N4O2/c1-10-13-3-2-11(15-10)12(17)14-4-5-16-6-8-18-9-7-16/h2-3H,4-9H2,1H3,(H,14,17). The second-order valence-electron chi connectivity index (χ2n) is 4.20. The van der Waals surface area contributed by atoms with Gasteiger partial charge >= 0.3 is 0 Å². The molecule has 1 aliphatic heterocycles. The van der Waals surface area contributed by atoms with Crippen LogP contribution in [0.1, 0.15) is 16.3 Å². The van der Waals surface area contributed by atoms with Crippen molar-refractivity contribution in [3.8, 4) is 0 Å². The van der Waals surface area contributed by atoms with Gasteiger partial charge in [-0.1, -0.05) is 0 Å². The van der Waals surface area contributed by atoms with Gasteiger partial charge in [-0.3, -0.25) is 9.69 Å². The minimum atomic E-state index is -0.145. The molecule has 0 unspecified atom stereocenters. The molecule has 1 aromatic rings. The molecule has 0 bridgehead atoms. The van der Waals surface area contributed by atoms with Crippen LogP contribution in [0.5, 0.6) is 0 Å². The van der Waals surface area contributed by atoms with Crippen LogP contribution in [0.3, 0.4) is 0 Å². The van der Waals surface area contributed by atoms with E-state index < -0.39 is 0 Å². The van der Waals surface area contributed by atoms with Crippen molar-refractivity contribution in [3.63, 3.8) is 0 Å².